The summed E-state index contributed by atoms with van der Waals surface area (Å²) in [4.78, 5) is 12.7. The minimum Gasteiger partial charge on any atom is -0.497 e. The molecule has 1 N–H and O–H groups in total. The molecule has 0 aliphatic carbocycles. The van der Waals surface area contributed by atoms with E-state index in [1.165, 1.54) is 4.31 Å². The van der Waals surface area contributed by atoms with E-state index in [2.05, 4.69) is 26.1 Å². The molecule has 1 heterocycles. The molecular formula is C22H28N2O5S. The van der Waals surface area contributed by atoms with Crippen LogP contribution in [0, 0.1) is 0 Å². The van der Waals surface area contributed by atoms with Crippen molar-refractivity contribution in [2.24, 2.45) is 0 Å². The van der Waals surface area contributed by atoms with E-state index < -0.39 is 16.1 Å². The number of hydrogen-bond acceptors (Lipinski definition) is 5. The van der Waals surface area contributed by atoms with Crippen LogP contribution in [-0.2, 0) is 26.8 Å². The Morgan fingerprint density at radius 2 is 1.87 bits per heavy atom. The number of carbonyl (C=O) groups is 1. The van der Waals surface area contributed by atoms with Crippen LogP contribution in [0.5, 0.6) is 11.5 Å². The van der Waals surface area contributed by atoms with Gasteiger partial charge in [0.25, 0.3) is 5.91 Å². The van der Waals surface area contributed by atoms with Crippen molar-refractivity contribution < 1.29 is 22.7 Å². The molecule has 0 radical (unpaired) electrons. The molecule has 1 amide bonds. The Kier molecular flexibility index (Phi) is 5.99. The smallest absolute Gasteiger partial charge is 0.263 e. The van der Waals surface area contributed by atoms with Crippen LogP contribution in [0.25, 0.3) is 0 Å². The van der Waals surface area contributed by atoms with Gasteiger partial charge in [0, 0.05) is 6.54 Å². The maximum atomic E-state index is 12.7. The highest BCUT2D eigenvalue weighted by Crippen LogP contribution is 2.38. The normalized spacial score (nSPS) is 16.4. The second kappa shape index (κ2) is 8.18. The highest BCUT2D eigenvalue weighted by atomic mass is 32.2. The number of anilines is 1. The lowest BCUT2D eigenvalue weighted by molar-refractivity contribution is -0.127. The number of rotatable bonds is 5. The number of carbonyl (C=O) groups excluding carboxylic acids is 1. The Balaban J connectivity index is 1.80. The summed E-state index contributed by atoms with van der Waals surface area (Å²) < 4.78 is 37.1. The van der Waals surface area contributed by atoms with Gasteiger partial charge in [0.05, 0.1) is 25.6 Å². The first kappa shape index (κ1) is 22.0. The number of benzene rings is 2. The molecule has 2 aromatic carbocycles. The van der Waals surface area contributed by atoms with Gasteiger partial charge in [-0.1, -0.05) is 39.0 Å². The monoisotopic (exact) mass is 432 g/mol. The number of nitrogens with one attached hydrogen (secondary N) is 1. The van der Waals surface area contributed by atoms with E-state index in [1.807, 2.05) is 36.4 Å². The number of sulfonamides is 1. The molecule has 0 spiro atoms. The third kappa shape index (κ3) is 4.87. The molecule has 0 fully saturated rings. The summed E-state index contributed by atoms with van der Waals surface area (Å²) in [5.74, 6) is 0.741. The minimum absolute atomic E-state index is 0.0755. The first-order valence-corrected chi connectivity index (χ1v) is 11.5. The molecule has 1 aliphatic heterocycles. The lowest BCUT2D eigenvalue weighted by atomic mass is 9.86. The van der Waals surface area contributed by atoms with Gasteiger partial charge in [-0.05, 0) is 40.8 Å². The van der Waals surface area contributed by atoms with E-state index in [-0.39, 0.29) is 17.9 Å². The third-order valence-corrected chi connectivity index (χ3v) is 6.16. The van der Waals surface area contributed by atoms with Gasteiger partial charge in [-0.25, -0.2) is 8.42 Å². The van der Waals surface area contributed by atoms with Gasteiger partial charge >= 0.3 is 0 Å². The second-order valence-electron chi connectivity index (χ2n) is 8.40. The summed E-state index contributed by atoms with van der Waals surface area (Å²) in [6.45, 7) is 6.39. The van der Waals surface area contributed by atoms with Crippen molar-refractivity contribution in [3.05, 3.63) is 53.6 Å². The van der Waals surface area contributed by atoms with Gasteiger partial charge in [-0.15, -0.1) is 0 Å². The van der Waals surface area contributed by atoms with Gasteiger partial charge in [-0.3, -0.25) is 9.10 Å². The average Bonchev–Trinajstić information content (AvgIpc) is 2.69. The number of fused-ring (bicyclic) bond motifs is 1. The molecule has 0 saturated carbocycles. The summed E-state index contributed by atoms with van der Waals surface area (Å²) in [5.41, 5.74) is 2.20. The Hall–Kier alpha value is -2.74. The molecule has 1 atom stereocenters. The van der Waals surface area contributed by atoms with Gasteiger partial charge in [0.1, 0.15) is 11.5 Å². The quantitative estimate of drug-likeness (QED) is 0.785. The van der Waals surface area contributed by atoms with Crippen molar-refractivity contribution in [3.8, 4) is 11.5 Å². The highest BCUT2D eigenvalue weighted by molar-refractivity contribution is 7.92. The number of ether oxygens (including phenoxy) is 2. The van der Waals surface area contributed by atoms with Crippen LogP contribution in [-0.4, -0.2) is 40.3 Å². The van der Waals surface area contributed by atoms with Crippen LogP contribution in [0.2, 0.25) is 0 Å². The summed E-state index contributed by atoms with van der Waals surface area (Å²) in [6, 6.07) is 12.8. The van der Waals surface area contributed by atoms with E-state index in [4.69, 9.17) is 9.47 Å². The van der Waals surface area contributed by atoms with Crippen LogP contribution < -0.4 is 19.1 Å². The Morgan fingerprint density at radius 3 is 2.43 bits per heavy atom. The molecule has 3 rings (SSSR count). The zero-order chi connectivity index (χ0) is 22.1. The minimum atomic E-state index is -3.58. The summed E-state index contributed by atoms with van der Waals surface area (Å²) in [7, 11) is -1.99. The molecule has 1 aliphatic rings. The summed E-state index contributed by atoms with van der Waals surface area (Å²) in [5, 5.41) is 2.82. The Bertz CT molecular complexity index is 1030. The Labute approximate surface area is 178 Å². The topological polar surface area (TPSA) is 84.9 Å². The first-order valence-electron chi connectivity index (χ1n) is 9.68. The van der Waals surface area contributed by atoms with Crippen LogP contribution in [0.15, 0.2) is 42.5 Å². The molecule has 0 aromatic heterocycles. The highest BCUT2D eigenvalue weighted by Gasteiger charge is 2.35. The van der Waals surface area contributed by atoms with Gasteiger partial charge < -0.3 is 14.8 Å². The van der Waals surface area contributed by atoms with E-state index in [1.54, 1.807) is 13.2 Å². The van der Waals surface area contributed by atoms with Gasteiger partial charge in [0.15, 0.2) is 6.10 Å². The Morgan fingerprint density at radius 1 is 1.20 bits per heavy atom. The van der Waals surface area contributed by atoms with Gasteiger partial charge in [0.2, 0.25) is 10.0 Å². The first-order chi connectivity index (χ1) is 14.0. The lowest BCUT2D eigenvalue weighted by Gasteiger charge is -2.35. The van der Waals surface area contributed by atoms with Crippen LogP contribution in [0.1, 0.15) is 31.9 Å². The predicted molar refractivity (Wildman–Crippen MR) is 117 cm³/mol. The molecule has 0 saturated heterocycles. The number of hydrogen-bond donors (Lipinski definition) is 1. The summed E-state index contributed by atoms with van der Waals surface area (Å²) >= 11 is 0. The summed E-state index contributed by atoms with van der Waals surface area (Å²) in [6.07, 6.45) is 0.198. The van der Waals surface area contributed by atoms with E-state index >= 15 is 0 Å². The SMILES string of the molecule is COc1ccc(CNC(=O)[C@@H]2CN(S(C)(=O)=O)c3cc(C(C)(C)C)ccc3O2)cc1. The molecule has 0 bridgehead atoms. The van der Waals surface area contributed by atoms with Crippen molar-refractivity contribution >= 4 is 21.6 Å². The van der Waals surface area contributed by atoms with Crippen molar-refractivity contribution in [2.75, 3.05) is 24.2 Å². The van der Waals surface area contributed by atoms with Crippen LogP contribution in [0.3, 0.4) is 0 Å². The number of amides is 1. The fourth-order valence-electron chi connectivity index (χ4n) is 3.21. The van der Waals surface area contributed by atoms with E-state index in [0.29, 0.717) is 18.0 Å². The van der Waals surface area contributed by atoms with Crippen molar-refractivity contribution in [2.45, 2.75) is 38.8 Å². The second-order valence-corrected chi connectivity index (χ2v) is 10.3. The number of nitrogens with zero attached hydrogens (tertiary/aromatic N) is 1. The van der Waals surface area contributed by atoms with Crippen LogP contribution in [0.4, 0.5) is 5.69 Å². The lowest BCUT2D eigenvalue weighted by Crippen LogP contribution is -2.50. The number of methoxy groups -OCH3 is 1. The molecule has 0 unspecified atom stereocenters. The predicted octanol–water partition coefficient (Wildman–Crippen LogP) is 2.84. The average molecular weight is 433 g/mol. The molecular weight excluding hydrogens is 404 g/mol. The van der Waals surface area contributed by atoms with Crippen molar-refractivity contribution in [1.29, 1.82) is 0 Å². The zero-order valence-corrected chi connectivity index (χ0v) is 18.7. The molecule has 7 nitrogen and oxygen atoms in total. The van der Waals surface area contributed by atoms with E-state index in [9.17, 15) is 13.2 Å². The van der Waals surface area contributed by atoms with Crippen LogP contribution >= 0.6 is 0 Å². The molecule has 30 heavy (non-hydrogen) atoms. The maximum absolute atomic E-state index is 12.7. The standard InChI is InChI=1S/C22H28N2O5S/c1-22(2,3)16-8-11-19-18(12-16)24(30(5,26)27)14-20(29-19)21(25)23-13-15-6-9-17(28-4)10-7-15/h6-12,20H,13-14H2,1-5H3,(H,23,25)/t20-/m0/s1. The van der Waals surface area contributed by atoms with Crippen molar-refractivity contribution in [1.82, 2.24) is 5.32 Å². The maximum Gasteiger partial charge on any atom is 0.263 e. The van der Waals surface area contributed by atoms with Crippen molar-refractivity contribution in [3.63, 3.8) is 0 Å². The third-order valence-electron chi connectivity index (χ3n) is 5.01. The van der Waals surface area contributed by atoms with Gasteiger partial charge in [-0.2, -0.15) is 0 Å². The molecule has 8 heteroatoms. The largest absolute Gasteiger partial charge is 0.497 e. The zero-order valence-electron chi connectivity index (χ0n) is 17.9. The fourth-order valence-corrected chi connectivity index (χ4v) is 4.12. The fraction of sp³-hybridized carbons (Fsp3) is 0.409. The molecule has 2 aromatic rings. The van der Waals surface area contributed by atoms with E-state index in [0.717, 1.165) is 23.1 Å². The molecule has 162 valence electrons.